The molecule has 0 saturated heterocycles. The van der Waals surface area contributed by atoms with Crippen LogP contribution in [0.15, 0.2) is 36.7 Å². The number of halogens is 2. The van der Waals surface area contributed by atoms with Gasteiger partial charge in [0.1, 0.15) is 17.3 Å². The minimum absolute atomic E-state index is 0.0936. The lowest BCUT2D eigenvalue weighted by Crippen LogP contribution is -2.26. The molecular weight excluding hydrogens is 264 g/mol. The number of nitrogens with two attached hydrogens (primary N) is 1. The molecule has 0 fully saturated rings. The van der Waals surface area contributed by atoms with Crippen LogP contribution in [0.4, 0.5) is 14.5 Å². The predicted octanol–water partition coefficient (Wildman–Crippen LogP) is 1.91. The maximum absolute atomic E-state index is 13.2. The van der Waals surface area contributed by atoms with E-state index in [2.05, 4.69) is 10.3 Å². The second-order valence-electron chi connectivity index (χ2n) is 4.21. The van der Waals surface area contributed by atoms with Crippen LogP contribution >= 0.6 is 0 Å². The van der Waals surface area contributed by atoms with E-state index in [1.807, 2.05) is 12.1 Å². The highest BCUT2D eigenvalue weighted by molar-refractivity contribution is 5.94. The quantitative estimate of drug-likeness (QED) is 0.839. The van der Waals surface area contributed by atoms with Crippen LogP contribution in [0.1, 0.15) is 15.9 Å². The number of carbonyl (C=O) groups is 1. The van der Waals surface area contributed by atoms with Gasteiger partial charge in [0.15, 0.2) is 0 Å². The molecule has 104 valence electrons. The monoisotopic (exact) mass is 277 g/mol. The van der Waals surface area contributed by atoms with E-state index in [0.717, 1.165) is 17.7 Å². The van der Waals surface area contributed by atoms with Gasteiger partial charge in [0.2, 0.25) is 0 Å². The summed E-state index contributed by atoms with van der Waals surface area (Å²) in [6.45, 7) is 0.358. The van der Waals surface area contributed by atoms with Gasteiger partial charge in [-0.05, 0) is 36.2 Å². The number of nitrogens with zero attached hydrogens (tertiary/aromatic N) is 1. The highest BCUT2D eigenvalue weighted by Crippen LogP contribution is 2.17. The number of pyridine rings is 1. The predicted molar refractivity (Wildman–Crippen MR) is 71.0 cm³/mol. The van der Waals surface area contributed by atoms with Crippen molar-refractivity contribution in [3.05, 3.63) is 59.4 Å². The van der Waals surface area contributed by atoms with Gasteiger partial charge in [-0.1, -0.05) is 0 Å². The molecule has 0 bridgehead atoms. The van der Waals surface area contributed by atoms with Crippen LogP contribution in [-0.2, 0) is 6.42 Å². The average molecular weight is 277 g/mol. The maximum Gasteiger partial charge on any atom is 0.251 e. The molecule has 0 saturated carbocycles. The Kier molecular flexibility index (Phi) is 4.24. The molecule has 0 aliphatic heterocycles. The Hall–Kier alpha value is -2.50. The minimum Gasteiger partial charge on any atom is -0.394 e. The number of benzene rings is 1. The molecule has 2 rings (SSSR count). The van der Waals surface area contributed by atoms with Crippen LogP contribution < -0.4 is 11.1 Å². The van der Waals surface area contributed by atoms with Crippen molar-refractivity contribution < 1.29 is 13.6 Å². The van der Waals surface area contributed by atoms with E-state index in [4.69, 9.17) is 5.73 Å². The first-order valence-electron chi connectivity index (χ1n) is 5.99. The normalized spacial score (nSPS) is 10.3. The van der Waals surface area contributed by atoms with Gasteiger partial charge in [0.25, 0.3) is 5.91 Å². The van der Waals surface area contributed by atoms with Crippen LogP contribution in [0, 0.1) is 11.6 Å². The molecule has 4 nitrogen and oxygen atoms in total. The van der Waals surface area contributed by atoms with Crippen LogP contribution in [0.5, 0.6) is 0 Å². The Morgan fingerprint density at radius 3 is 2.40 bits per heavy atom. The Morgan fingerprint density at radius 1 is 1.20 bits per heavy atom. The van der Waals surface area contributed by atoms with E-state index in [1.54, 1.807) is 12.4 Å². The van der Waals surface area contributed by atoms with Crippen LogP contribution in [0.3, 0.4) is 0 Å². The molecule has 0 spiro atoms. The highest BCUT2D eigenvalue weighted by Gasteiger charge is 2.12. The molecule has 1 aromatic heterocycles. The summed E-state index contributed by atoms with van der Waals surface area (Å²) in [7, 11) is 0. The summed E-state index contributed by atoms with van der Waals surface area (Å²) in [6.07, 6.45) is 3.91. The number of nitrogen functional groups attached to an aromatic ring is 1. The number of rotatable bonds is 4. The number of hydrogen-bond donors (Lipinski definition) is 2. The Labute approximate surface area is 114 Å². The van der Waals surface area contributed by atoms with Crippen molar-refractivity contribution in [1.29, 1.82) is 0 Å². The summed E-state index contributed by atoms with van der Waals surface area (Å²) in [6, 6.07) is 5.49. The molecule has 1 heterocycles. The molecule has 0 atom stereocenters. The Bertz CT molecular complexity index is 594. The summed E-state index contributed by atoms with van der Waals surface area (Å²) in [5, 5.41) is 2.59. The molecule has 20 heavy (non-hydrogen) atoms. The van der Waals surface area contributed by atoms with E-state index in [1.165, 1.54) is 0 Å². The maximum atomic E-state index is 13.2. The molecule has 0 radical (unpaired) electrons. The van der Waals surface area contributed by atoms with Crippen molar-refractivity contribution in [1.82, 2.24) is 10.3 Å². The van der Waals surface area contributed by atoms with Gasteiger partial charge in [-0.3, -0.25) is 9.78 Å². The van der Waals surface area contributed by atoms with Crippen molar-refractivity contribution >= 4 is 11.6 Å². The molecule has 0 unspecified atom stereocenters. The van der Waals surface area contributed by atoms with Crippen molar-refractivity contribution in [2.45, 2.75) is 6.42 Å². The first kappa shape index (κ1) is 13.9. The average Bonchev–Trinajstić information content (AvgIpc) is 2.45. The molecular formula is C14H13F2N3O. The van der Waals surface area contributed by atoms with Gasteiger partial charge in [0.05, 0.1) is 0 Å². The standard InChI is InChI=1S/C14H13F2N3O/c15-11-7-10(8-12(16)13(11)17)14(20)19-6-3-9-1-4-18-5-2-9/h1-2,4-5,7-8H,3,6,17H2,(H,19,20). The zero-order valence-electron chi connectivity index (χ0n) is 10.6. The van der Waals surface area contributed by atoms with Crippen LogP contribution in [0.25, 0.3) is 0 Å². The Morgan fingerprint density at radius 2 is 1.80 bits per heavy atom. The lowest BCUT2D eigenvalue weighted by Gasteiger charge is -2.07. The second kappa shape index (κ2) is 6.10. The number of anilines is 1. The van der Waals surface area contributed by atoms with E-state index < -0.39 is 23.2 Å². The van der Waals surface area contributed by atoms with Crippen molar-refractivity contribution in [2.24, 2.45) is 0 Å². The number of hydrogen-bond acceptors (Lipinski definition) is 3. The summed E-state index contributed by atoms with van der Waals surface area (Å²) in [5.41, 5.74) is 5.47. The second-order valence-corrected chi connectivity index (χ2v) is 4.21. The lowest BCUT2D eigenvalue weighted by molar-refractivity contribution is 0.0953. The summed E-state index contributed by atoms with van der Waals surface area (Å²) >= 11 is 0. The van der Waals surface area contributed by atoms with Gasteiger partial charge in [-0.15, -0.1) is 0 Å². The molecule has 0 aliphatic rings. The molecule has 3 N–H and O–H groups in total. The first-order valence-corrected chi connectivity index (χ1v) is 5.99. The van der Waals surface area contributed by atoms with Crippen molar-refractivity contribution in [3.8, 4) is 0 Å². The third-order valence-electron chi connectivity index (χ3n) is 2.79. The smallest absolute Gasteiger partial charge is 0.251 e. The van der Waals surface area contributed by atoms with Crippen molar-refractivity contribution in [2.75, 3.05) is 12.3 Å². The zero-order chi connectivity index (χ0) is 14.5. The molecule has 6 heteroatoms. The number of aromatic nitrogens is 1. The third-order valence-corrected chi connectivity index (χ3v) is 2.79. The molecule has 2 aromatic rings. The zero-order valence-corrected chi connectivity index (χ0v) is 10.6. The van der Waals surface area contributed by atoms with Gasteiger partial charge in [-0.25, -0.2) is 8.78 Å². The number of nitrogens with one attached hydrogen (secondary N) is 1. The minimum atomic E-state index is -0.940. The fourth-order valence-electron chi connectivity index (χ4n) is 1.69. The SMILES string of the molecule is Nc1c(F)cc(C(=O)NCCc2ccncc2)cc1F. The fourth-order valence-corrected chi connectivity index (χ4v) is 1.69. The highest BCUT2D eigenvalue weighted by atomic mass is 19.1. The topological polar surface area (TPSA) is 68.0 Å². The van der Waals surface area contributed by atoms with Crippen LogP contribution in [-0.4, -0.2) is 17.4 Å². The fraction of sp³-hybridized carbons (Fsp3) is 0.143. The van der Waals surface area contributed by atoms with Gasteiger partial charge in [-0.2, -0.15) is 0 Å². The number of amides is 1. The van der Waals surface area contributed by atoms with E-state index in [9.17, 15) is 13.6 Å². The molecule has 0 aliphatic carbocycles. The van der Waals surface area contributed by atoms with E-state index in [-0.39, 0.29) is 5.56 Å². The first-order chi connectivity index (χ1) is 9.58. The number of carbonyl (C=O) groups excluding carboxylic acids is 1. The summed E-state index contributed by atoms with van der Waals surface area (Å²) in [5.74, 6) is -2.43. The van der Waals surface area contributed by atoms with Gasteiger partial charge >= 0.3 is 0 Å². The van der Waals surface area contributed by atoms with E-state index in [0.29, 0.717) is 13.0 Å². The van der Waals surface area contributed by atoms with E-state index >= 15 is 0 Å². The lowest BCUT2D eigenvalue weighted by atomic mass is 10.1. The largest absolute Gasteiger partial charge is 0.394 e. The third kappa shape index (κ3) is 3.28. The summed E-state index contributed by atoms with van der Waals surface area (Å²) in [4.78, 5) is 15.6. The van der Waals surface area contributed by atoms with Gasteiger partial charge in [0, 0.05) is 24.5 Å². The molecule has 1 aromatic carbocycles. The van der Waals surface area contributed by atoms with Crippen molar-refractivity contribution in [3.63, 3.8) is 0 Å². The molecule has 1 amide bonds. The van der Waals surface area contributed by atoms with Crippen LogP contribution in [0.2, 0.25) is 0 Å². The summed E-state index contributed by atoms with van der Waals surface area (Å²) < 4.78 is 26.5. The Balaban J connectivity index is 1.95. The van der Waals surface area contributed by atoms with Gasteiger partial charge < -0.3 is 11.1 Å².